The maximum Gasteiger partial charge on any atom is 0.359 e. The Hall–Kier alpha value is -2.28. The summed E-state index contributed by atoms with van der Waals surface area (Å²) >= 11 is 11.7. The average Bonchev–Trinajstić information content (AvgIpc) is 3.13. The number of rotatable bonds is 2. The van der Waals surface area contributed by atoms with Gasteiger partial charge >= 0.3 is 6.92 Å². The summed E-state index contributed by atoms with van der Waals surface area (Å²) in [5.41, 5.74) is 1.52. The van der Waals surface area contributed by atoms with Crippen LogP contribution in [0.5, 0.6) is 0 Å². The summed E-state index contributed by atoms with van der Waals surface area (Å²) in [5, 5.41) is 18.8. The number of aromatic amines is 1. The van der Waals surface area contributed by atoms with E-state index in [-0.39, 0.29) is 0 Å². The first-order valence-electron chi connectivity index (χ1n) is 7.21. The molecule has 0 atom stereocenters. The Morgan fingerprint density at radius 3 is 1.84 bits per heavy atom. The molecule has 0 fully saturated rings. The molecule has 0 aliphatic rings. The third-order valence-corrected chi connectivity index (χ3v) is 3.20. The van der Waals surface area contributed by atoms with Crippen molar-refractivity contribution < 1.29 is 14.9 Å². The molecular weight excluding hydrogens is 362 g/mol. The number of aromatic nitrogens is 2. The van der Waals surface area contributed by atoms with Crippen LogP contribution in [0.3, 0.4) is 0 Å². The molecule has 25 heavy (non-hydrogen) atoms. The van der Waals surface area contributed by atoms with Crippen molar-refractivity contribution in [1.82, 2.24) is 9.97 Å². The van der Waals surface area contributed by atoms with Crippen LogP contribution in [0.25, 0.3) is 0 Å². The molecule has 130 valence electrons. The molecule has 0 radical (unpaired) electrons. The third-order valence-electron chi connectivity index (χ3n) is 2.73. The topological polar surface area (TPSA) is 86.2 Å². The van der Waals surface area contributed by atoms with Crippen LogP contribution in [-0.2, 0) is 4.79 Å². The lowest BCUT2D eigenvalue weighted by atomic mass is 9.56. The maximum atomic E-state index is 10.1. The lowest BCUT2D eigenvalue weighted by molar-refractivity contribution is -0.134. The molecule has 3 aromatic rings. The Kier molecular flexibility index (Phi) is 9.40. The third kappa shape index (κ3) is 8.95. The number of carboxylic acid groups (broad SMARTS) is 1. The van der Waals surface area contributed by atoms with Crippen LogP contribution in [0.15, 0.2) is 67.3 Å². The maximum absolute atomic E-state index is 10.1. The molecule has 0 amide bonds. The predicted molar refractivity (Wildman–Crippen MR) is 102 cm³/mol. The monoisotopic (exact) mass is 378 g/mol. The quantitative estimate of drug-likeness (QED) is 0.598. The summed E-state index contributed by atoms with van der Waals surface area (Å²) in [6.45, 7) is 0.386. The Balaban J connectivity index is 0.000000285. The molecule has 2 aromatic carbocycles. The number of benzene rings is 2. The van der Waals surface area contributed by atoms with E-state index in [0.717, 1.165) is 17.8 Å². The first-order chi connectivity index (χ1) is 11.9. The van der Waals surface area contributed by atoms with Crippen molar-refractivity contribution in [2.24, 2.45) is 0 Å². The summed E-state index contributed by atoms with van der Waals surface area (Å²) in [4.78, 5) is 15.4. The van der Waals surface area contributed by atoms with Gasteiger partial charge in [-0.15, -0.1) is 0 Å². The van der Waals surface area contributed by atoms with Gasteiger partial charge in [-0.1, -0.05) is 47.5 Å². The minimum Gasteiger partial charge on any atom is -0.481 e. The van der Waals surface area contributed by atoms with Crippen LogP contribution >= 0.6 is 23.2 Å². The van der Waals surface area contributed by atoms with E-state index < -0.39 is 12.9 Å². The van der Waals surface area contributed by atoms with Crippen LogP contribution in [-0.4, -0.2) is 33.0 Å². The van der Waals surface area contributed by atoms with E-state index in [0.29, 0.717) is 10.0 Å². The highest BCUT2D eigenvalue weighted by atomic mass is 35.5. The highest BCUT2D eigenvalue weighted by molar-refractivity contribution is 6.79. The fourth-order valence-corrected chi connectivity index (χ4v) is 2.16. The number of carboxylic acids is 1. The number of aliphatic carboxylic acids is 1. The second kappa shape index (κ2) is 11.3. The van der Waals surface area contributed by atoms with E-state index in [1.54, 1.807) is 43.0 Å². The van der Waals surface area contributed by atoms with Crippen molar-refractivity contribution in [1.29, 1.82) is 0 Å². The zero-order valence-electron chi connectivity index (χ0n) is 13.4. The van der Waals surface area contributed by atoms with Gasteiger partial charge in [0.1, 0.15) is 0 Å². The highest BCUT2D eigenvalue weighted by Crippen LogP contribution is 2.06. The van der Waals surface area contributed by atoms with E-state index in [9.17, 15) is 5.02 Å². The second-order valence-electron chi connectivity index (χ2n) is 4.79. The fraction of sp³-hybridized carbons (Fsp3) is 0.0588. The van der Waals surface area contributed by atoms with E-state index in [1.807, 2.05) is 24.3 Å². The molecule has 0 spiro atoms. The number of imidazole rings is 1. The smallest absolute Gasteiger partial charge is 0.359 e. The van der Waals surface area contributed by atoms with Gasteiger partial charge in [-0.25, -0.2) is 4.98 Å². The first kappa shape index (κ1) is 20.8. The number of nitrogens with zero attached hydrogens (tertiary/aromatic N) is 1. The van der Waals surface area contributed by atoms with Crippen molar-refractivity contribution in [2.75, 3.05) is 0 Å². The van der Waals surface area contributed by atoms with Gasteiger partial charge in [0, 0.05) is 29.4 Å². The number of nitrogens with one attached hydrogen (secondary N) is 1. The molecule has 0 saturated carbocycles. The van der Waals surface area contributed by atoms with Crippen LogP contribution in [0.2, 0.25) is 10.0 Å². The predicted octanol–water partition coefficient (Wildman–Crippen LogP) is 2.59. The number of hydrogen-bond donors (Lipinski definition) is 3. The molecule has 0 aliphatic carbocycles. The van der Waals surface area contributed by atoms with E-state index in [2.05, 4.69) is 9.97 Å². The molecule has 5 nitrogen and oxygen atoms in total. The summed E-state index contributed by atoms with van der Waals surface area (Å²) in [6.07, 6.45) is 5.08. The number of halogens is 2. The van der Waals surface area contributed by atoms with Crippen molar-refractivity contribution >= 4 is 47.0 Å². The zero-order chi connectivity index (χ0) is 18.7. The van der Waals surface area contributed by atoms with E-state index in [4.69, 9.17) is 33.1 Å². The SMILES string of the molecule is CC(=O)O.OB(c1cccc(Cl)c1)c1cccc(Cl)c1.c1c[nH]cn1. The van der Waals surface area contributed by atoms with Crippen LogP contribution in [0.4, 0.5) is 0 Å². The van der Waals surface area contributed by atoms with Crippen molar-refractivity contribution in [3.63, 3.8) is 0 Å². The van der Waals surface area contributed by atoms with E-state index in [1.165, 1.54) is 0 Å². The Morgan fingerprint density at radius 2 is 1.56 bits per heavy atom. The van der Waals surface area contributed by atoms with Crippen molar-refractivity contribution in [3.05, 3.63) is 77.3 Å². The lowest BCUT2D eigenvalue weighted by Gasteiger charge is -2.07. The molecule has 3 rings (SSSR count). The van der Waals surface area contributed by atoms with Crippen LogP contribution < -0.4 is 10.9 Å². The number of carbonyl (C=O) groups is 1. The van der Waals surface area contributed by atoms with E-state index >= 15 is 0 Å². The first-order valence-corrected chi connectivity index (χ1v) is 7.97. The van der Waals surface area contributed by atoms with Gasteiger partial charge in [0.25, 0.3) is 5.97 Å². The largest absolute Gasteiger partial charge is 0.481 e. The van der Waals surface area contributed by atoms with Gasteiger partial charge in [0.05, 0.1) is 6.33 Å². The Bertz CT molecular complexity index is 703. The summed E-state index contributed by atoms with van der Waals surface area (Å²) in [5.74, 6) is -0.833. The number of H-pyrrole nitrogens is 1. The second-order valence-corrected chi connectivity index (χ2v) is 5.67. The van der Waals surface area contributed by atoms with Gasteiger partial charge < -0.3 is 15.1 Å². The Labute approximate surface area is 156 Å². The van der Waals surface area contributed by atoms with Gasteiger partial charge in [0.15, 0.2) is 0 Å². The summed E-state index contributed by atoms with van der Waals surface area (Å²) in [6, 6.07) is 14.3. The molecule has 0 bridgehead atoms. The summed E-state index contributed by atoms with van der Waals surface area (Å²) < 4.78 is 0. The Morgan fingerprint density at radius 1 is 1.08 bits per heavy atom. The molecule has 1 heterocycles. The molecule has 1 aromatic heterocycles. The minimum atomic E-state index is -0.833. The molecule has 0 saturated heterocycles. The van der Waals surface area contributed by atoms with Crippen LogP contribution in [0.1, 0.15) is 6.92 Å². The minimum absolute atomic E-state index is 0.610. The van der Waals surface area contributed by atoms with Gasteiger partial charge in [-0.2, -0.15) is 0 Å². The fourth-order valence-electron chi connectivity index (χ4n) is 1.76. The highest BCUT2D eigenvalue weighted by Gasteiger charge is 2.17. The normalized spacial score (nSPS) is 9.12. The molecule has 0 unspecified atom stereocenters. The molecule has 3 N–H and O–H groups in total. The van der Waals surface area contributed by atoms with Gasteiger partial charge in [0.2, 0.25) is 0 Å². The standard InChI is InChI=1S/C12H9BCl2O.C3H4N2.C2H4O2/c14-11-5-1-3-9(7-11)13(16)10-4-2-6-12(15)8-10;1-2-5-3-4-1;1-2(3)4/h1-8,16H;1-3H,(H,4,5);1H3,(H,3,4). The molecule has 0 aliphatic heterocycles. The average molecular weight is 379 g/mol. The van der Waals surface area contributed by atoms with Gasteiger partial charge in [-0.3, -0.25) is 4.79 Å². The van der Waals surface area contributed by atoms with Crippen LogP contribution in [0, 0.1) is 0 Å². The zero-order valence-corrected chi connectivity index (χ0v) is 14.9. The molecule has 8 heteroatoms. The van der Waals surface area contributed by atoms with Crippen molar-refractivity contribution in [3.8, 4) is 0 Å². The molecular formula is C17H17BCl2N2O3. The lowest BCUT2D eigenvalue weighted by Crippen LogP contribution is -2.42. The number of hydrogen-bond acceptors (Lipinski definition) is 3. The summed E-state index contributed by atoms with van der Waals surface area (Å²) in [7, 11) is 0. The van der Waals surface area contributed by atoms with Gasteiger partial charge in [-0.05, 0) is 35.2 Å². The van der Waals surface area contributed by atoms with Crippen molar-refractivity contribution in [2.45, 2.75) is 6.92 Å².